The molecule has 102 valence electrons. The molecule has 0 spiro atoms. The third-order valence-corrected chi connectivity index (χ3v) is 3.37. The Morgan fingerprint density at radius 1 is 1.06 bits per heavy atom. The number of aryl methyl sites for hydroxylation is 3. The van der Waals surface area contributed by atoms with Crippen LogP contribution in [0.1, 0.15) is 35.6 Å². The first-order valence-electron chi connectivity index (χ1n) is 7.00. The number of nitrogens with zero attached hydrogens (tertiary/aromatic N) is 1. The van der Waals surface area contributed by atoms with Crippen molar-refractivity contribution >= 4 is 0 Å². The molecule has 0 saturated heterocycles. The van der Waals surface area contributed by atoms with Crippen LogP contribution >= 0.6 is 0 Å². The summed E-state index contributed by atoms with van der Waals surface area (Å²) in [5, 5.41) is 3.45. The lowest BCUT2D eigenvalue weighted by Gasteiger charge is -2.20. The third-order valence-electron chi connectivity index (χ3n) is 3.37. The van der Waals surface area contributed by atoms with Gasteiger partial charge in [-0.25, -0.2) is 0 Å². The van der Waals surface area contributed by atoms with E-state index in [0.717, 1.165) is 26.2 Å². The van der Waals surface area contributed by atoms with E-state index in [1.165, 1.54) is 28.7 Å². The van der Waals surface area contributed by atoms with Crippen LogP contribution in [0, 0.1) is 20.8 Å². The molecule has 0 aliphatic heterocycles. The van der Waals surface area contributed by atoms with Crippen molar-refractivity contribution in [1.82, 2.24) is 10.2 Å². The fourth-order valence-corrected chi connectivity index (χ4v) is 2.38. The van der Waals surface area contributed by atoms with Crippen LogP contribution in [0.4, 0.5) is 0 Å². The van der Waals surface area contributed by atoms with Crippen molar-refractivity contribution in [2.75, 3.05) is 26.7 Å². The minimum absolute atomic E-state index is 1.05. The lowest BCUT2D eigenvalue weighted by Crippen LogP contribution is -2.29. The van der Waals surface area contributed by atoms with Crippen molar-refractivity contribution in [1.29, 1.82) is 0 Å². The van der Waals surface area contributed by atoms with Gasteiger partial charge in [-0.05, 0) is 57.5 Å². The van der Waals surface area contributed by atoms with Crippen molar-refractivity contribution in [3.8, 4) is 0 Å². The summed E-state index contributed by atoms with van der Waals surface area (Å²) >= 11 is 0. The Labute approximate surface area is 112 Å². The highest BCUT2D eigenvalue weighted by Gasteiger charge is 2.06. The molecule has 1 aromatic carbocycles. The highest BCUT2D eigenvalue weighted by molar-refractivity contribution is 5.37. The normalized spacial score (nSPS) is 11.2. The van der Waals surface area contributed by atoms with Gasteiger partial charge in [0.2, 0.25) is 0 Å². The minimum atomic E-state index is 1.05. The smallest absolute Gasteiger partial charge is 0.0236 e. The molecule has 0 bridgehead atoms. The Bertz CT molecular complexity index is 348. The Balaban J connectivity index is 2.51. The number of rotatable bonds is 7. The van der Waals surface area contributed by atoms with Gasteiger partial charge in [0.05, 0.1) is 0 Å². The van der Waals surface area contributed by atoms with E-state index in [1.54, 1.807) is 0 Å². The van der Waals surface area contributed by atoms with Crippen LogP contribution in [0.5, 0.6) is 0 Å². The van der Waals surface area contributed by atoms with Crippen LogP contribution in [0.15, 0.2) is 12.1 Å². The molecule has 1 rings (SSSR count). The van der Waals surface area contributed by atoms with Crippen LogP contribution in [0.25, 0.3) is 0 Å². The van der Waals surface area contributed by atoms with Gasteiger partial charge in [0.15, 0.2) is 0 Å². The van der Waals surface area contributed by atoms with Gasteiger partial charge in [-0.15, -0.1) is 0 Å². The maximum atomic E-state index is 3.45. The molecule has 1 N–H and O–H groups in total. The van der Waals surface area contributed by atoms with Gasteiger partial charge in [-0.3, -0.25) is 0 Å². The fourth-order valence-electron chi connectivity index (χ4n) is 2.38. The van der Waals surface area contributed by atoms with E-state index in [9.17, 15) is 0 Å². The first-order chi connectivity index (χ1) is 8.54. The number of hydrogen-bond acceptors (Lipinski definition) is 2. The second-order valence-corrected chi connectivity index (χ2v) is 5.37. The first kappa shape index (κ1) is 15.2. The molecule has 0 fully saturated rings. The molecule has 0 heterocycles. The topological polar surface area (TPSA) is 15.3 Å². The van der Waals surface area contributed by atoms with Crippen molar-refractivity contribution in [2.45, 2.75) is 40.7 Å². The van der Waals surface area contributed by atoms with Gasteiger partial charge in [0.1, 0.15) is 0 Å². The van der Waals surface area contributed by atoms with E-state index in [2.05, 4.69) is 57.1 Å². The number of likely N-dealkylation sites (N-methyl/N-ethyl adjacent to an activating group) is 1. The van der Waals surface area contributed by atoms with Gasteiger partial charge >= 0.3 is 0 Å². The molecule has 0 atom stereocenters. The molecule has 0 saturated carbocycles. The monoisotopic (exact) mass is 248 g/mol. The van der Waals surface area contributed by atoms with Crippen LogP contribution < -0.4 is 5.32 Å². The summed E-state index contributed by atoms with van der Waals surface area (Å²) in [6.45, 7) is 13.2. The molecule has 0 radical (unpaired) electrons. The average Bonchev–Trinajstić information content (AvgIpc) is 2.29. The number of benzene rings is 1. The van der Waals surface area contributed by atoms with E-state index >= 15 is 0 Å². The second kappa shape index (κ2) is 7.55. The second-order valence-electron chi connectivity index (χ2n) is 5.37. The molecular formula is C16H28N2. The lowest BCUT2D eigenvalue weighted by molar-refractivity contribution is 0.323. The summed E-state index contributed by atoms with van der Waals surface area (Å²) in [4.78, 5) is 2.40. The molecule has 2 nitrogen and oxygen atoms in total. The lowest BCUT2D eigenvalue weighted by atomic mass is 9.99. The molecule has 0 aliphatic rings. The molecule has 1 aromatic rings. The van der Waals surface area contributed by atoms with Crippen molar-refractivity contribution in [2.24, 2.45) is 0 Å². The average molecular weight is 248 g/mol. The summed E-state index contributed by atoms with van der Waals surface area (Å²) in [5.41, 5.74) is 5.68. The van der Waals surface area contributed by atoms with Crippen molar-refractivity contribution in [3.63, 3.8) is 0 Å². The molecule has 0 aromatic heterocycles. The molecule has 2 heteroatoms. The maximum absolute atomic E-state index is 3.45. The Morgan fingerprint density at radius 3 is 2.22 bits per heavy atom. The van der Waals surface area contributed by atoms with Gasteiger partial charge in [0, 0.05) is 19.6 Å². The van der Waals surface area contributed by atoms with Gasteiger partial charge in [0.25, 0.3) is 0 Å². The van der Waals surface area contributed by atoms with Gasteiger partial charge < -0.3 is 10.2 Å². The van der Waals surface area contributed by atoms with Crippen LogP contribution in [0.3, 0.4) is 0 Å². The summed E-state index contributed by atoms with van der Waals surface area (Å²) in [6.07, 6.45) is 1.21. The van der Waals surface area contributed by atoms with Crippen LogP contribution in [0.2, 0.25) is 0 Å². The zero-order valence-electron chi connectivity index (χ0n) is 12.6. The fraction of sp³-hybridized carbons (Fsp3) is 0.625. The zero-order valence-corrected chi connectivity index (χ0v) is 12.6. The van der Waals surface area contributed by atoms with Crippen LogP contribution in [-0.4, -0.2) is 31.6 Å². The molecular weight excluding hydrogens is 220 g/mol. The van der Waals surface area contributed by atoms with Crippen molar-refractivity contribution in [3.05, 3.63) is 34.4 Å². The molecule has 0 aliphatic carbocycles. The van der Waals surface area contributed by atoms with E-state index in [-0.39, 0.29) is 0 Å². The van der Waals surface area contributed by atoms with E-state index < -0.39 is 0 Å². The summed E-state index contributed by atoms with van der Waals surface area (Å²) in [6, 6.07) is 4.57. The predicted octanol–water partition coefficient (Wildman–Crippen LogP) is 3.04. The Morgan fingerprint density at radius 2 is 1.67 bits per heavy atom. The highest BCUT2D eigenvalue weighted by atomic mass is 15.1. The predicted molar refractivity (Wildman–Crippen MR) is 80.1 cm³/mol. The standard InChI is InChI=1S/C16H28N2/c1-6-7-17-8-9-18(5)12-16-14(3)10-13(2)11-15(16)4/h10-11,17H,6-9,12H2,1-5H3. The Kier molecular flexibility index (Phi) is 6.37. The highest BCUT2D eigenvalue weighted by Crippen LogP contribution is 2.17. The quantitative estimate of drug-likeness (QED) is 0.746. The molecule has 0 amide bonds. The molecule has 18 heavy (non-hydrogen) atoms. The first-order valence-corrected chi connectivity index (χ1v) is 7.00. The van der Waals surface area contributed by atoms with Crippen molar-refractivity contribution < 1.29 is 0 Å². The van der Waals surface area contributed by atoms with E-state index in [4.69, 9.17) is 0 Å². The number of hydrogen-bond donors (Lipinski definition) is 1. The zero-order chi connectivity index (χ0) is 13.5. The third kappa shape index (κ3) is 4.79. The SMILES string of the molecule is CCCNCCN(C)Cc1c(C)cc(C)cc1C. The number of nitrogens with one attached hydrogen (secondary N) is 1. The Hall–Kier alpha value is -0.860. The van der Waals surface area contributed by atoms with E-state index in [1.807, 2.05) is 0 Å². The largest absolute Gasteiger partial charge is 0.315 e. The minimum Gasteiger partial charge on any atom is -0.315 e. The van der Waals surface area contributed by atoms with E-state index in [0.29, 0.717) is 0 Å². The van der Waals surface area contributed by atoms with Gasteiger partial charge in [-0.1, -0.05) is 24.6 Å². The summed E-state index contributed by atoms with van der Waals surface area (Å²) in [5.74, 6) is 0. The van der Waals surface area contributed by atoms with Gasteiger partial charge in [-0.2, -0.15) is 0 Å². The summed E-state index contributed by atoms with van der Waals surface area (Å²) < 4.78 is 0. The van der Waals surface area contributed by atoms with Crippen LogP contribution in [-0.2, 0) is 6.54 Å². The molecule has 0 unspecified atom stereocenters. The maximum Gasteiger partial charge on any atom is 0.0236 e. The summed E-state index contributed by atoms with van der Waals surface area (Å²) in [7, 11) is 2.20.